The molecule has 3 nitrogen and oxygen atoms in total. The highest BCUT2D eigenvalue weighted by Gasteiger charge is 2.15. The van der Waals surface area contributed by atoms with Crippen LogP contribution >= 0.6 is 0 Å². The molecule has 1 aliphatic rings. The third-order valence-electron chi connectivity index (χ3n) is 3.46. The van der Waals surface area contributed by atoms with Gasteiger partial charge in [-0.2, -0.15) is 0 Å². The van der Waals surface area contributed by atoms with Crippen molar-refractivity contribution in [3.8, 4) is 0 Å². The lowest BCUT2D eigenvalue weighted by molar-refractivity contribution is 0.521. The Morgan fingerprint density at radius 3 is 3.12 bits per heavy atom. The Labute approximate surface area is 97.7 Å². The molecule has 0 saturated carbocycles. The third kappa shape index (κ3) is 2.53. The maximum Gasteiger partial charge on any atom is 0.0442 e. The lowest BCUT2D eigenvalue weighted by Gasteiger charge is -2.24. The molecule has 1 fully saturated rings. The molecule has 2 rings (SSSR count). The average molecular weight is 219 g/mol. The van der Waals surface area contributed by atoms with E-state index >= 15 is 0 Å². The monoisotopic (exact) mass is 219 g/mol. The van der Waals surface area contributed by atoms with E-state index in [-0.39, 0.29) is 0 Å². The molecular formula is C13H21N3. The fourth-order valence-corrected chi connectivity index (χ4v) is 2.39. The van der Waals surface area contributed by atoms with Crippen LogP contribution in [-0.4, -0.2) is 18.1 Å². The molecule has 0 aromatic carbocycles. The van der Waals surface area contributed by atoms with Crippen molar-refractivity contribution in [2.24, 2.45) is 11.7 Å². The minimum absolute atomic E-state index is 0.579. The molecule has 1 saturated heterocycles. The number of hydrogen-bond donors (Lipinski definition) is 1. The van der Waals surface area contributed by atoms with Crippen molar-refractivity contribution in [2.75, 3.05) is 18.0 Å². The molecule has 3 heteroatoms. The quantitative estimate of drug-likeness (QED) is 0.829. The van der Waals surface area contributed by atoms with Crippen LogP contribution in [0.25, 0.3) is 0 Å². The predicted molar refractivity (Wildman–Crippen MR) is 67.4 cm³/mol. The highest BCUT2D eigenvalue weighted by Crippen LogP contribution is 2.24. The summed E-state index contributed by atoms with van der Waals surface area (Å²) in [4.78, 5) is 6.61. The number of anilines is 1. The van der Waals surface area contributed by atoms with Gasteiger partial charge in [0.25, 0.3) is 0 Å². The van der Waals surface area contributed by atoms with Crippen LogP contribution in [0.1, 0.15) is 31.7 Å². The molecule has 1 atom stereocenters. The smallest absolute Gasteiger partial charge is 0.0442 e. The summed E-state index contributed by atoms with van der Waals surface area (Å²) in [6.07, 6.45) is 7.67. The fraction of sp³-hybridized carbons (Fsp3) is 0.615. The van der Waals surface area contributed by atoms with Crippen LogP contribution in [0.15, 0.2) is 18.5 Å². The molecule has 1 aromatic rings. The summed E-state index contributed by atoms with van der Waals surface area (Å²) in [7, 11) is 0. The van der Waals surface area contributed by atoms with Gasteiger partial charge in [0.05, 0.1) is 0 Å². The molecule has 16 heavy (non-hydrogen) atoms. The Hall–Kier alpha value is -1.09. The first-order chi connectivity index (χ1) is 7.81. The summed E-state index contributed by atoms with van der Waals surface area (Å²) in [6, 6.07) is 2.10. The lowest BCUT2D eigenvalue weighted by Crippen LogP contribution is -2.25. The number of nitrogens with zero attached hydrogens (tertiary/aromatic N) is 2. The molecular weight excluding hydrogens is 198 g/mol. The van der Waals surface area contributed by atoms with Gasteiger partial charge in [-0.15, -0.1) is 0 Å². The molecule has 0 amide bonds. The van der Waals surface area contributed by atoms with Crippen molar-refractivity contribution in [1.82, 2.24) is 4.98 Å². The lowest BCUT2D eigenvalue weighted by atomic mass is 10.0. The number of pyridine rings is 1. The van der Waals surface area contributed by atoms with E-state index in [1.165, 1.54) is 24.9 Å². The molecule has 2 N–H and O–H groups in total. The zero-order valence-electron chi connectivity index (χ0n) is 10.0. The summed E-state index contributed by atoms with van der Waals surface area (Å²) >= 11 is 0. The maximum atomic E-state index is 5.76. The summed E-state index contributed by atoms with van der Waals surface area (Å²) < 4.78 is 0. The van der Waals surface area contributed by atoms with Gasteiger partial charge in [-0.3, -0.25) is 4.98 Å². The van der Waals surface area contributed by atoms with Crippen LogP contribution in [0.2, 0.25) is 0 Å². The maximum absolute atomic E-state index is 5.76. The van der Waals surface area contributed by atoms with Crippen LogP contribution in [0, 0.1) is 5.92 Å². The number of rotatable bonds is 2. The predicted octanol–water partition coefficient (Wildman–Crippen LogP) is 2.17. The number of hydrogen-bond acceptors (Lipinski definition) is 3. The van der Waals surface area contributed by atoms with Crippen molar-refractivity contribution in [3.05, 3.63) is 24.0 Å². The average Bonchev–Trinajstić information content (AvgIpc) is 2.54. The third-order valence-corrected chi connectivity index (χ3v) is 3.46. The van der Waals surface area contributed by atoms with Gasteiger partial charge in [-0.1, -0.05) is 6.92 Å². The van der Waals surface area contributed by atoms with Crippen LogP contribution in [0.3, 0.4) is 0 Å². The van der Waals surface area contributed by atoms with E-state index in [2.05, 4.69) is 22.9 Å². The van der Waals surface area contributed by atoms with E-state index in [4.69, 9.17) is 5.73 Å². The van der Waals surface area contributed by atoms with E-state index < -0.39 is 0 Å². The molecule has 0 bridgehead atoms. The zero-order chi connectivity index (χ0) is 11.4. The molecule has 88 valence electrons. The second-order valence-corrected chi connectivity index (χ2v) is 4.73. The van der Waals surface area contributed by atoms with Crippen molar-refractivity contribution >= 4 is 5.69 Å². The highest BCUT2D eigenvalue weighted by molar-refractivity contribution is 5.52. The molecule has 1 aromatic heterocycles. The molecule has 0 radical (unpaired) electrons. The van der Waals surface area contributed by atoms with E-state index in [0.29, 0.717) is 6.54 Å². The van der Waals surface area contributed by atoms with Crippen LogP contribution in [-0.2, 0) is 6.54 Å². The normalized spacial score (nSPS) is 21.9. The zero-order valence-corrected chi connectivity index (χ0v) is 10.0. The highest BCUT2D eigenvalue weighted by atomic mass is 15.1. The van der Waals surface area contributed by atoms with E-state index in [0.717, 1.165) is 24.6 Å². The number of aromatic nitrogens is 1. The summed E-state index contributed by atoms with van der Waals surface area (Å²) in [6.45, 7) is 5.23. The Morgan fingerprint density at radius 2 is 2.31 bits per heavy atom. The Kier molecular flexibility index (Phi) is 3.78. The summed E-state index contributed by atoms with van der Waals surface area (Å²) in [5.74, 6) is 0.855. The van der Waals surface area contributed by atoms with Gasteiger partial charge >= 0.3 is 0 Å². The molecule has 1 aliphatic heterocycles. The second-order valence-electron chi connectivity index (χ2n) is 4.73. The minimum atomic E-state index is 0.579. The van der Waals surface area contributed by atoms with E-state index in [9.17, 15) is 0 Å². The molecule has 0 spiro atoms. The molecule has 2 heterocycles. The van der Waals surface area contributed by atoms with Gasteiger partial charge in [-0.05, 0) is 31.2 Å². The second kappa shape index (κ2) is 5.30. The van der Waals surface area contributed by atoms with Crippen LogP contribution in [0.4, 0.5) is 5.69 Å². The van der Waals surface area contributed by atoms with Gasteiger partial charge < -0.3 is 10.6 Å². The van der Waals surface area contributed by atoms with E-state index in [1.54, 1.807) is 0 Å². The number of nitrogens with two attached hydrogens (primary N) is 1. The largest absolute Gasteiger partial charge is 0.371 e. The first-order valence-electron chi connectivity index (χ1n) is 6.19. The Morgan fingerprint density at radius 1 is 1.44 bits per heavy atom. The first-order valence-corrected chi connectivity index (χ1v) is 6.19. The van der Waals surface area contributed by atoms with Crippen LogP contribution < -0.4 is 10.6 Å². The first kappa shape index (κ1) is 11.4. The molecule has 0 aliphatic carbocycles. The Bertz CT molecular complexity index is 338. The molecule has 1 unspecified atom stereocenters. The summed E-state index contributed by atoms with van der Waals surface area (Å²) in [5.41, 5.74) is 8.20. The van der Waals surface area contributed by atoms with E-state index in [1.807, 2.05) is 12.4 Å². The Balaban J connectivity index is 2.16. The van der Waals surface area contributed by atoms with Gasteiger partial charge in [0, 0.05) is 43.3 Å². The van der Waals surface area contributed by atoms with Gasteiger partial charge in [0.2, 0.25) is 0 Å². The van der Waals surface area contributed by atoms with Crippen molar-refractivity contribution in [1.29, 1.82) is 0 Å². The van der Waals surface area contributed by atoms with Crippen molar-refractivity contribution in [2.45, 2.75) is 32.7 Å². The minimum Gasteiger partial charge on any atom is -0.371 e. The standard InChI is InChI=1S/C13H21N3/c1-11-3-2-7-16(8-5-11)13-4-6-15-10-12(13)9-14/h4,6,10-11H,2-3,5,7-9,14H2,1H3. The summed E-state index contributed by atoms with van der Waals surface area (Å²) in [5, 5.41) is 0. The fourth-order valence-electron chi connectivity index (χ4n) is 2.39. The van der Waals surface area contributed by atoms with Gasteiger partial charge in [-0.25, -0.2) is 0 Å². The van der Waals surface area contributed by atoms with Gasteiger partial charge in [0.1, 0.15) is 0 Å². The van der Waals surface area contributed by atoms with Crippen molar-refractivity contribution in [3.63, 3.8) is 0 Å². The van der Waals surface area contributed by atoms with Crippen molar-refractivity contribution < 1.29 is 0 Å². The SMILES string of the molecule is CC1CCCN(c2ccncc2CN)CC1. The topological polar surface area (TPSA) is 42.2 Å². The van der Waals surface area contributed by atoms with Crippen LogP contribution in [0.5, 0.6) is 0 Å². The van der Waals surface area contributed by atoms with Gasteiger partial charge in [0.15, 0.2) is 0 Å².